The lowest BCUT2D eigenvalue weighted by Crippen LogP contribution is -2.32. The fraction of sp³-hybridized carbons (Fsp3) is 0.200. The number of carboxylic acids is 1. The molecule has 0 aliphatic rings. The van der Waals surface area contributed by atoms with E-state index in [0.717, 1.165) is 13.0 Å². The van der Waals surface area contributed by atoms with Crippen LogP contribution in [0.4, 0.5) is 5.69 Å². The van der Waals surface area contributed by atoms with Gasteiger partial charge in [0.15, 0.2) is 5.25 Å². The Morgan fingerprint density at radius 1 is 1.42 bits per heavy atom. The maximum atomic E-state index is 11.7. The van der Waals surface area contributed by atoms with Crippen LogP contribution in [-0.2, 0) is 14.8 Å². The second-order valence-corrected chi connectivity index (χ2v) is 6.09. The number of aliphatic carboxylic acids is 1. The molecule has 0 heterocycles. The third kappa shape index (κ3) is 3.58. The number of hydrogen-bond acceptors (Lipinski definition) is 4. The maximum Gasteiger partial charge on any atom is 0.323 e. The van der Waals surface area contributed by atoms with Crippen LogP contribution in [0.1, 0.15) is 17.3 Å². The third-order valence-corrected chi connectivity index (χ3v) is 4.29. The molecule has 4 N–H and O–H groups in total. The average molecular weight is 307 g/mol. The number of rotatable bonds is 5. The molecule has 0 saturated carbocycles. The van der Waals surface area contributed by atoms with Crippen LogP contribution in [0.25, 0.3) is 0 Å². The van der Waals surface area contributed by atoms with Crippen LogP contribution in [0.3, 0.4) is 0 Å². The van der Waals surface area contributed by atoms with Crippen LogP contribution in [0.2, 0.25) is 5.02 Å². The van der Waals surface area contributed by atoms with Crippen molar-refractivity contribution in [2.45, 2.75) is 12.2 Å². The second-order valence-electron chi connectivity index (χ2n) is 3.69. The third-order valence-electron chi connectivity index (χ3n) is 2.31. The molecule has 19 heavy (non-hydrogen) atoms. The molecule has 1 amide bonds. The molecule has 0 aliphatic carbocycles. The zero-order valence-electron chi connectivity index (χ0n) is 9.75. The Kier molecular flexibility index (Phi) is 4.38. The molecular weight excluding hydrogens is 296 g/mol. The Hall–Kier alpha value is -1.80. The standard InChI is InChI=1S/C10H11ClN2O5S/c1-5(10(15)16)19(17,18)13-6-2-3-8(11)7(4-6)9(12)14/h2-5,13H,1H3,(H2,12,14)(H,15,16). The van der Waals surface area contributed by atoms with E-state index in [0.29, 0.717) is 0 Å². The highest BCUT2D eigenvalue weighted by atomic mass is 35.5. The lowest BCUT2D eigenvalue weighted by molar-refractivity contribution is -0.136. The summed E-state index contributed by atoms with van der Waals surface area (Å²) >= 11 is 5.70. The molecule has 1 atom stereocenters. The summed E-state index contributed by atoms with van der Waals surface area (Å²) in [5.41, 5.74) is 5.00. The van der Waals surface area contributed by atoms with Crippen molar-refractivity contribution >= 4 is 39.2 Å². The Morgan fingerprint density at radius 3 is 2.47 bits per heavy atom. The number of carboxylic acid groups (broad SMARTS) is 1. The first-order valence-electron chi connectivity index (χ1n) is 4.99. The van der Waals surface area contributed by atoms with Crippen molar-refractivity contribution in [3.05, 3.63) is 28.8 Å². The smallest absolute Gasteiger partial charge is 0.323 e. The van der Waals surface area contributed by atoms with Gasteiger partial charge in [-0.15, -0.1) is 0 Å². The summed E-state index contributed by atoms with van der Waals surface area (Å²) in [6, 6.07) is 3.71. The van der Waals surface area contributed by atoms with E-state index in [-0.39, 0.29) is 16.3 Å². The fourth-order valence-electron chi connectivity index (χ4n) is 1.16. The van der Waals surface area contributed by atoms with Crippen LogP contribution in [-0.4, -0.2) is 30.7 Å². The molecule has 104 valence electrons. The first-order valence-corrected chi connectivity index (χ1v) is 6.91. The summed E-state index contributed by atoms with van der Waals surface area (Å²) in [4.78, 5) is 21.7. The van der Waals surface area contributed by atoms with Gasteiger partial charge in [-0.25, -0.2) is 8.42 Å². The van der Waals surface area contributed by atoms with Gasteiger partial charge >= 0.3 is 5.97 Å². The Labute approximate surface area is 114 Å². The Bertz CT molecular complexity index is 629. The fourth-order valence-corrected chi connectivity index (χ4v) is 2.27. The molecule has 7 nitrogen and oxygen atoms in total. The normalized spacial score (nSPS) is 12.7. The van der Waals surface area contributed by atoms with E-state index < -0.39 is 27.1 Å². The van der Waals surface area contributed by atoms with Crippen LogP contribution in [0, 0.1) is 0 Å². The van der Waals surface area contributed by atoms with E-state index in [9.17, 15) is 18.0 Å². The van der Waals surface area contributed by atoms with E-state index in [2.05, 4.69) is 0 Å². The lowest BCUT2D eigenvalue weighted by atomic mass is 10.2. The zero-order chi connectivity index (χ0) is 14.8. The Balaban J connectivity index is 3.11. The van der Waals surface area contributed by atoms with Gasteiger partial charge in [0.2, 0.25) is 15.9 Å². The minimum Gasteiger partial charge on any atom is -0.480 e. The number of halogens is 1. The highest BCUT2D eigenvalue weighted by Gasteiger charge is 2.27. The summed E-state index contributed by atoms with van der Waals surface area (Å²) in [5, 5.41) is 7.10. The van der Waals surface area contributed by atoms with Gasteiger partial charge in [0.05, 0.1) is 10.6 Å². The van der Waals surface area contributed by atoms with E-state index in [1.54, 1.807) is 0 Å². The first-order chi connectivity index (χ1) is 8.65. The number of amides is 1. The van der Waals surface area contributed by atoms with Crippen LogP contribution < -0.4 is 10.5 Å². The van der Waals surface area contributed by atoms with E-state index in [1.807, 2.05) is 4.72 Å². The molecule has 0 spiro atoms. The van der Waals surface area contributed by atoms with Crippen LogP contribution in [0.5, 0.6) is 0 Å². The largest absolute Gasteiger partial charge is 0.480 e. The number of carbonyl (C=O) groups is 2. The summed E-state index contributed by atoms with van der Waals surface area (Å²) in [5.74, 6) is -2.31. The van der Waals surface area contributed by atoms with E-state index in [4.69, 9.17) is 22.4 Å². The average Bonchev–Trinajstić information content (AvgIpc) is 2.29. The number of hydrogen-bond donors (Lipinski definition) is 3. The molecule has 1 aromatic carbocycles. The highest BCUT2D eigenvalue weighted by molar-refractivity contribution is 7.94. The van der Waals surface area contributed by atoms with E-state index >= 15 is 0 Å². The van der Waals surface area contributed by atoms with Crippen molar-refractivity contribution < 1.29 is 23.1 Å². The number of nitrogens with two attached hydrogens (primary N) is 1. The molecule has 1 unspecified atom stereocenters. The molecule has 0 aromatic heterocycles. The summed E-state index contributed by atoms with van der Waals surface area (Å²) in [6.07, 6.45) is 0. The number of primary amides is 1. The number of carbonyl (C=O) groups excluding carboxylic acids is 1. The van der Waals surface area contributed by atoms with Crippen LogP contribution in [0.15, 0.2) is 18.2 Å². The SMILES string of the molecule is CC(C(=O)O)S(=O)(=O)Nc1ccc(Cl)c(C(N)=O)c1. The number of sulfonamides is 1. The van der Waals surface area contributed by atoms with Gasteiger partial charge < -0.3 is 10.8 Å². The second kappa shape index (κ2) is 5.45. The van der Waals surface area contributed by atoms with E-state index in [1.165, 1.54) is 12.1 Å². The van der Waals surface area contributed by atoms with Gasteiger partial charge in [0.1, 0.15) is 0 Å². The molecule has 9 heteroatoms. The zero-order valence-corrected chi connectivity index (χ0v) is 11.3. The van der Waals surface area contributed by atoms with Gasteiger partial charge in [-0.2, -0.15) is 0 Å². The molecule has 1 rings (SSSR count). The van der Waals surface area contributed by atoms with Crippen LogP contribution >= 0.6 is 11.6 Å². The lowest BCUT2D eigenvalue weighted by Gasteiger charge is -2.12. The topological polar surface area (TPSA) is 127 Å². The highest BCUT2D eigenvalue weighted by Crippen LogP contribution is 2.21. The van der Waals surface area contributed by atoms with Gasteiger partial charge in [-0.1, -0.05) is 11.6 Å². The molecule has 0 aliphatic heterocycles. The molecule has 1 aromatic rings. The summed E-state index contributed by atoms with van der Waals surface area (Å²) < 4.78 is 25.4. The van der Waals surface area contributed by atoms with Crippen molar-refractivity contribution in [1.29, 1.82) is 0 Å². The maximum absolute atomic E-state index is 11.7. The van der Waals surface area contributed by atoms with Crippen molar-refractivity contribution in [2.75, 3.05) is 4.72 Å². The van der Waals surface area contributed by atoms with Gasteiger partial charge in [-0.05, 0) is 25.1 Å². The minimum absolute atomic E-state index is 0.00583. The van der Waals surface area contributed by atoms with Crippen molar-refractivity contribution in [2.24, 2.45) is 5.73 Å². The molecule has 0 bridgehead atoms. The summed E-state index contributed by atoms with van der Waals surface area (Å²) in [7, 11) is -4.11. The minimum atomic E-state index is -4.11. The van der Waals surface area contributed by atoms with Gasteiger partial charge in [0.25, 0.3) is 0 Å². The van der Waals surface area contributed by atoms with Crippen molar-refractivity contribution in [3.8, 4) is 0 Å². The molecular formula is C10H11ClN2O5S. The van der Waals surface area contributed by atoms with Crippen molar-refractivity contribution in [1.82, 2.24) is 0 Å². The number of nitrogens with one attached hydrogen (secondary N) is 1. The predicted octanol–water partition coefficient (Wildman–Crippen LogP) is 0.654. The molecule has 0 fully saturated rings. The summed E-state index contributed by atoms with van der Waals surface area (Å²) in [6.45, 7) is 1.02. The van der Waals surface area contributed by atoms with Crippen molar-refractivity contribution in [3.63, 3.8) is 0 Å². The number of benzene rings is 1. The quantitative estimate of drug-likeness (QED) is 0.736. The molecule has 0 saturated heterocycles. The number of anilines is 1. The first kappa shape index (κ1) is 15.3. The predicted molar refractivity (Wildman–Crippen MR) is 69.6 cm³/mol. The monoisotopic (exact) mass is 306 g/mol. The van der Waals surface area contributed by atoms with Gasteiger partial charge in [0, 0.05) is 5.69 Å². The molecule has 0 radical (unpaired) electrons. The van der Waals surface area contributed by atoms with Gasteiger partial charge in [-0.3, -0.25) is 14.3 Å². The Morgan fingerprint density at radius 2 is 2.00 bits per heavy atom.